The van der Waals surface area contributed by atoms with E-state index in [-0.39, 0.29) is 0 Å². The fourth-order valence-corrected chi connectivity index (χ4v) is 2.21. The number of hydrogen-bond donors (Lipinski definition) is 1. The standard InChI is InChI=1S/C15H21N3/c1-3-18-14(10-16)11-17-15(18)9-8-13-6-4-12(2)5-7-13/h4-7,11H,3,8-10,16H2,1-2H3. The van der Waals surface area contributed by atoms with Crippen molar-refractivity contribution in [2.75, 3.05) is 0 Å². The molecule has 3 nitrogen and oxygen atoms in total. The second-order valence-electron chi connectivity index (χ2n) is 4.60. The summed E-state index contributed by atoms with van der Waals surface area (Å²) in [4.78, 5) is 4.47. The molecule has 96 valence electrons. The molecule has 0 bridgehead atoms. The van der Waals surface area contributed by atoms with Crippen LogP contribution in [0.2, 0.25) is 0 Å². The van der Waals surface area contributed by atoms with Gasteiger partial charge in [-0.1, -0.05) is 29.8 Å². The van der Waals surface area contributed by atoms with E-state index in [4.69, 9.17) is 5.73 Å². The predicted molar refractivity (Wildman–Crippen MR) is 74.4 cm³/mol. The van der Waals surface area contributed by atoms with Crippen LogP contribution in [0.3, 0.4) is 0 Å². The second-order valence-corrected chi connectivity index (χ2v) is 4.60. The molecule has 0 unspecified atom stereocenters. The quantitative estimate of drug-likeness (QED) is 0.876. The van der Waals surface area contributed by atoms with Crippen LogP contribution in [0.25, 0.3) is 0 Å². The van der Waals surface area contributed by atoms with Crippen LogP contribution in [0.1, 0.15) is 29.6 Å². The molecule has 0 spiro atoms. The molecule has 0 atom stereocenters. The van der Waals surface area contributed by atoms with Gasteiger partial charge in [-0.05, 0) is 25.8 Å². The van der Waals surface area contributed by atoms with Crippen molar-refractivity contribution < 1.29 is 0 Å². The van der Waals surface area contributed by atoms with Gasteiger partial charge in [-0.2, -0.15) is 0 Å². The molecule has 0 aliphatic carbocycles. The maximum Gasteiger partial charge on any atom is 0.109 e. The van der Waals surface area contributed by atoms with Crippen LogP contribution in [0.5, 0.6) is 0 Å². The smallest absolute Gasteiger partial charge is 0.109 e. The Morgan fingerprint density at radius 3 is 2.50 bits per heavy atom. The maximum atomic E-state index is 5.70. The Morgan fingerprint density at radius 2 is 1.89 bits per heavy atom. The Kier molecular flexibility index (Phi) is 4.15. The summed E-state index contributed by atoms with van der Waals surface area (Å²) in [5.74, 6) is 1.14. The van der Waals surface area contributed by atoms with Gasteiger partial charge in [-0.25, -0.2) is 4.98 Å². The largest absolute Gasteiger partial charge is 0.331 e. The van der Waals surface area contributed by atoms with Crippen molar-refractivity contribution in [2.24, 2.45) is 5.73 Å². The first-order valence-corrected chi connectivity index (χ1v) is 6.53. The molecule has 0 saturated heterocycles. The lowest BCUT2D eigenvalue weighted by molar-refractivity contribution is 0.657. The molecule has 1 heterocycles. The molecule has 2 aromatic rings. The van der Waals surface area contributed by atoms with E-state index in [0.717, 1.165) is 30.9 Å². The van der Waals surface area contributed by atoms with Gasteiger partial charge in [0.05, 0.1) is 5.69 Å². The Labute approximate surface area is 109 Å². The van der Waals surface area contributed by atoms with Crippen LogP contribution in [-0.2, 0) is 25.9 Å². The Bertz CT molecular complexity index is 497. The third-order valence-corrected chi connectivity index (χ3v) is 3.30. The molecule has 0 fully saturated rings. The number of nitrogens with two attached hydrogens (primary N) is 1. The monoisotopic (exact) mass is 243 g/mol. The van der Waals surface area contributed by atoms with Gasteiger partial charge in [0.25, 0.3) is 0 Å². The van der Waals surface area contributed by atoms with E-state index in [1.165, 1.54) is 11.1 Å². The van der Waals surface area contributed by atoms with Crippen molar-refractivity contribution in [1.29, 1.82) is 0 Å². The summed E-state index contributed by atoms with van der Waals surface area (Å²) in [6.45, 7) is 5.75. The number of rotatable bonds is 5. The highest BCUT2D eigenvalue weighted by Gasteiger charge is 2.07. The van der Waals surface area contributed by atoms with Crippen molar-refractivity contribution in [1.82, 2.24) is 9.55 Å². The first kappa shape index (κ1) is 12.8. The fraction of sp³-hybridized carbons (Fsp3) is 0.400. The molecule has 2 rings (SSSR count). The van der Waals surface area contributed by atoms with Crippen LogP contribution in [-0.4, -0.2) is 9.55 Å². The lowest BCUT2D eigenvalue weighted by Crippen LogP contribution is -2.09. The minimum absolute atomic E-state index is 0.561. The first-order valence-electron chi connectivity index (χ1n) is 6.53. The number of benzene rings is 1. The van der Waals surface area contributed by atoms with Gasteiger partial charge in [0.1, 0.15) is 5.82 Å². The summed E-state index contributed by atoms with van der Waals surface area (Å²) in [5.41, 5.74) is 9.49. The van der Waals surface area contributed by atoms with Crippen molar-refractivity contribution in [3.05, 3.63) is 53.1 Å². The molecule has 0 amide bonds. The summed E-state index contributed by atoms with van der Waals surface area (Å²) in [5, 5.41) is 0. The number of hydrogen-bond acceptors (Lipinski definition) is 2. The van der Waals surface area contributed by atoms with E-state index in [0.29, 0.717) is 6.54 Å². The van der Waals surface area contributed by atoms with Crippen molar-refractivity contribution >= 4 is 0 Å². The third-order valence-electron chi connectivity index (χ3n) is 3.30. The van der Waals surface area contributed by atoms with Crippen molar-refractivity contribution in [3.63, 3.8) is 0 Å². The highest BCUT2D eigenvalue weighted by molar-refractivity contribution is 5.22. The summed E-state index contributed by atoms with van der Waals surface area (Å²) >= 11 is 0. The zero-order valence-corrected chi connectivity index (χ0v) is 11.2. The lowest BCUT2D eigenvalue weighted by atomic mass is 10.1. The zero-order chi connectivity index (χ0) is 13.0. The summed E-state index contributed by atoms with van der Waals surface area (Å²) in [7, 11) is 0. The van der Waals surface area contributed by atoms with Gasteiger partial charge in [0, 0.05) is 25.7 Å². The van der Waals surface area contributed by atoms with Crippen LogP contribution in [0.15, 0.2) is 30.5 Å². The van der Waals surface area contributed by atoms with Gasteiger partial charge in [-0.3, -0.25) is 0 Å². The van der Waals surface area contributed by atoms with E-state index >= 15 is 0 Å². The number of nitrogens with zero attached hydrogens (tertiary/aromatic N) is 2. The average molecular weight is 243 g/mol. The molecule has 0 radical (unpaired) electrons. The van der Waals surface area contributed by atoms with Crippen molar-refractivity contribution in [2.45, 2.75) is 39.8 Å². The van der Waals surface area contributed by atoms with Crippen LogP contribution >= 0.6 is 0 Å². The Hall–Kier alpha value is -1.61. The second kappa shape index (κ2) is 5.83. The van der Waals surface area contributed by atoms with Crippen LogP contribution in [0, 0.1) is 6.92 Å². The van der Waals surface area contributed by atoms with Crippen LogP contribution in [0.4, 0.5) is 0 Å². The van der Waals surface area contributed by atoms with Crippen molar-refractivity contribution in [3.8, 4) is 0 Å². The van der Waals surface area contributed by atoms with E-state index in [1.807, 2.05) is 6.20 Å². The first-order chi connectivity index (χ1) is 8.74. The number of imidazole rings is 1. The normalized spacial score (nSPS) is 10.8. The highest BCUT2D eigenvalue weighted by Crippen LogP contribution is 2.10. The molecule has 2 N–H and O–H groups in total. The predicted octanol–water partition coefficient (Wildman–Crippen LogP) is 2.46. The number of aromatic nitrogens is 2. The third kappa shape index (κ3) is 2.79. The van der Waals surface area contributed by atoms with E-state index in [9.17, 15) is 0 Å². The SMILES string of the molecule is CCn1c(CN)cnc1CCc1ccc(C)cc1. The van der Waals surface area contributed by atoms with Gasteiger partial charge in [-0.15, -0.1) is 0 Å². The molecule has 1 aromatic heterocycles. The minimum Gasteiger partial charge on any atom is -0.331 e. The number of aryl methyl sites for hydroxylation is 3. The Balaban J connectivity index is 2.06. The average Bonchev–Trinajstić information content (AvgIpc) is 2.80. The van der Waals surface area contributed by atoms with Gasteiger partial charge >= 0.3 is 0 Å². The van der Waals surface area contributed by atoms with Gasteiger partial charge in [0.15, 0.2) is 0 Å². The van der Waals surface area contributed by atoms with Gasteiger partial charge in [0.2, 0.25) is 0 Å². The molecule has 0 aliphatic heterocycles. The molecular formula is C15H21N3. The van der Waals surface area contributed by atoms with Crippen LogP contribution < -0.4 is 5.73 Å². The van der Waals surface area contributed by atoms with E-state index < -0.39 is 0 Å². The molecule has 1 aromatic carbocycles. The zero-order valence-electron chi connectivity index (χ0n) is 11.2. The molecule has 18 heavy (non-hydrogen) atoms. The maximum absolute atomic E-state index is 5.70. The summed E-state index contributed by atoms with van der Waals surface area (Å²) in [6.07, 6.45) is 3.90. The fourth-order valence-electron chi connectivity index (χ4n) is 2.21. The topological polar surface area (TPSA) is 43.8 Å². The summed E-state index contributed by atoms with van der Waals surface area (Å²) in [6, 6.07) is 8.71. The van der Waals surface area contributed by atoms with E-state index in [2.05, 4.69) is 47.7 Å². The highest BCUT2D eigenvalue weighted by atomic mass is 15.1. The summed E-state index contributed by atoms with van der Waals surface area (Å²) < 4.78 is 2.22. The van der Waals surface area contributed by atoms with Gasteiger partial charge < -0.3 is 10.3 Å². The molecule has 0 aliphatic rings. The Morgan fingerprint density at radius 1 is 1.17 bits per heavy atom. The lowest BCUT2D eigenvalue weighted by Gasteiger charge is -2.08. The molecule has 0 saturated carbocycles. The van der Waals surface area contributed by atoms with E-state index in [1.54, 1.807) is 0 Å². The minimum atomic E-state index is 0.561. The molecular weight excluding hydrogens is 222 g/mol. The molecule has 3 heteroatoms.